The number of carbonyl (C=O) groups excluding carboxylic acids is 1. The van der Waals surface area contributed by atoms with Crippen LogP contribution in [0.1, 0.15) is 26.2 Å². The summed E-state index contributed by atoms with van der Waals surface area (Å²) in [4.78, 5) is 11.4. The molecular formula is C15H21ClN2O2. The molecule has 0 aliphatic carbocycles. The van der Waals surface area contributed by atoms with Gasteiger partial charge < -0.3 is 15.4 Å². The fourth-order valence-electron chi connectivity index (χ4n) is 2.21. The third-order valence-electron chi connectivity index (χ3n) is 3.41. The van der Waals surface area contributed by atoms with Crippen molar-refractivity contribution in [2.24, 2.45) is 5.92 Å². The average molecular weight is 297 g/mol. The van der Waals surface area contributed by atoms with Crippen LogP contribution < -0.4 is 10.6 Å². The quantitative estimate of drug-likeness (QED) is 0.874. The predicted octanol–water partition coefficient (Wildman–Crippen LogP) is 3.53. The van der Waals surface area contributed by atoms with Gasteiger partial charge in [0.2, 0.25) is 5.91 Å². The van der Waals surface area contributed by atoms with E-state index in [1.54, 1.807) is 6.07 Å². The molecule has 0 saturated carbocycles. The number of halogens is 1. The fraction of sp³-hybridized carbons (Fsp3) is 0.533. The molecule has 20 heavy (non-hydrogen) atoms. The van der Waals surface area contributed by atoms with E-state index in [4.69, 9.17) is 16.3 Å². The first kappa shape index (κ1) is 15.1. The van der Waals surface area contributed by atoms with E-state index < -0.39 is 0 Å². The highest BCUT2D eigenvalue weighted by molar-refractivity contribution is 6.33. The molecule has 2 rings (SSSR count). The van der Waals surface area contributed by atoms with E-state index in [1.165, 1.54) is 6.42 Å². The Kier molecular flexibility index (Phi) is 5.68. The zero-order valence-corrected chi connectivity index (χ0v) is 12.5. The molecule has 1 unspecified atom stereocenters. The van der Waals surface area contributed by atoms with Crippen molar-refractivity contribution < 1.29 is 9.53 Å². The average Bonchev–Trinajstić information content (AvgIpc) is 2.48. The molecule has 1 aromatic rings. The van der Waals surface area contributed by atoms with Crippen LogP contribution in [0.2, 0.25) is 5.02 Å². The summed E-state index contributed by atoms with van der Waals surface area (Å²) in [5.41, 5.74) is 1.62. The first-order valence-electron chi connectivity index (χ1n) is 7.10. The van der Waals surface area contributed by atoms with Gasteiger partial charge in [0, 0.05) is 25.3 Å². The van der Waals surface area contributed by atoms with Gasteiger partial charge in [0.1, 0.15) is 0 Å². The van der Waals surface area contributed by atoms with Crippen LogP contribution >= 0.6 is 11.6 Å². The third-order valence-corrected chi connectivity index (χ3v) is 3.74. The second-order valence-corrected chi connectivity index (χ2v) is 5.47. The molecule has 0 aromatic heterocycles. The maximum absolute atomic E-state index is 11.4. The highest BCUT2D eigenvalue weighted by Gasteiger charge is 2.14. The molecule has 1 fully saturated rings. The minimum Gasteiger partial charge on any atom is -0.383 e. The van der Waals surface area contributed by atoms with Crippen molar-refractivity contribution in [3.8, 4) is 0 Å². The van der Waals surface area contributed by atoms with E-state index in [1.807, 2.05) is 19.1 Å². The lowest BCUT2D eigenvalue weighted by Gasteiger charge is -2.23. The molecule has 1 aromatic carbocycles. The van der Waals surface area contributed by atoms with Crippen molar-refractivity contribution in [1.29, 1.82) is 0 Å². The lowest BCUT2D eigenvalue weighted by molar-refractivity contribution is -0.115. The zero-order valence-electron chi connectivity index (χ0n) is 11.7. The van der Waals surface area contributed by atoms with Crippen molar-refractivity contribution in [3.05, 3.63) is 23.2 Å². The molecule has 1 atom stereocenters. The van der Waals surface area contributed by atoms with E-state index in [0.717, 1.165) is 37.6 Å². The Morgan fingerprint density at radius 2 is 2.35 bits per heavy atom. The topological polar surface area (TPSA) is 50.4 Å². The van der Waals surface area contributed by atoms with E-state index in [-0.39, 0.29) is 5.91 Å². The Balaban J connectivity index is 1.95. The Bertz CT molecular complexity index is 459. The molecule has 4 nitrogen and oxygen atoms in total. The van der Waals surface area contributed by atoms with E-state index in [9.17, 15) is 4.79 Å². The van der Waals surface area contributed by atoms with Gasteiger partial charge in [0.05, 0.1) is 17.3 Å². The molecule has 2 N–H and O–H groups in total. The van der Waals surface area contributed by atoms with Crippen molar-refractivity contribution in [3.63, 3.8) is 0 Å². The number of carbonyl (C=O) groups is 1. The summed E-state index contributed by atoms with van der Waals surface area (Å²) in [7, 11) is 0. The molecule has 0 radical (unpaired) electrons. The number of anilines is 2. The van der Waals surface area contributed by atoms with Gasteiger partial charge in [-0.2, -0.15) is 0 Å². The fourth-order valence-corrected chi connectivity index (χ4v) is 2.39. The second-order valence-electron chi connectivity index (χ2n) is 5.06. The lowest BCUT2D eigenvalue weighted by Crippen LogP contribution is -2.24. The van der Waals surface area contributed by atoms with Crippen molar-refractivity contribution in [1.82, 2.24) is 0 Å². The minimum atomic E-state index is -0.000969. The second kappa shape index (κ2) is 7.50. The smallest absolute Gasteiger partial charge is 0.224 e. The lowest BCUT2D eigenvalue weighted by atomic mass is 10.0. The summed E-state index contributed by atoms with van der Waals surface area (Å²) in [6.45, 7) is 4.34. The Labute approximate surface area is 124 Å². The predicted molar refractivity (Wildman–Crippen MR) is 82.4 cm³/mol. The Hall–Kier alpha value is -1.26. The van der Waals surface area contributed by atoms with Crippen molar-refractivity contribution >= 4 is 28.9 Å². The van der Waals surface area contributed by atoms with E-state index in [0.29, 0.717) is 17.4 Å². The Morgan fingerprint density at radius 3 is 3.05 bits per heavy atom. The number of nitrogens with one attached hydrogen (secondary N) is 2. The van der Waals surface area contributed by atoms with Gasteiger partial charge in [-0.05, 0) is 37.0 Å². The summed E-state index contributed by atoms with van der Waals surface area (Å²) in [5, 5.41) is 6.85. The number of hydrogen-bond donors (Lipinski definition) is 2. The molecule has 0 spiro atoms. The molecule has 110 valence electrons. The molecule has 5 heteroatoms. The maximum Gasteiger partial charge on any atom is 0.224 e. The molecule has 0 bridgehead atoms. The van der Waals surface area contributed by atoms with Crippen LogP contribution in [0.15, 0.2) is 18.2 Å². The van der Waals surface area contributed by atoms with Crippen LogP contribution in [-0.2, 0) is 9.53 Å². The molecule has 1 amide bonds. The summed E-state index contributed by atoms with van der Waals surface area (Å²) < 4.78 is 5.46. The van der Waals surface area contributed by atoms with Crippen LogP contribution in [-0.4, -0.2) is 25.7 Å². The number of rotatable bonds is 5. The van der Waals surface area contributed by atoms with Crippen molar-refractivity contribution in [2.75, 3.05) is 30.4 Å². The SMILES string of the molecule is CCC(=O)Nc1ccc(Cl)c(NCC2CCCOC2)c1. The summed E-state index contributed by atoms with van der Waals surface area (Å²) >= 11 is 6.18. The monoisotopic (exact) mass is 296 g/mol. The summed E-state index contributed by atoms with van der Waals surface area (Å²) in [6, 6.07) is 5.48. The van der Waals surface area contributed by atoms with Crippen LogP contribution in [0.3, 0.4) is 0 Å². The largest absolute Gasteiger partial charge is 0.383 e. The third kappa shape index (κ3) is 4.39. The molecule has 1 aliphatic rings. The van der Waals surface area contributed by atoms with Gasteiger partial charge in [-0.15, -0.1) is 0 Å². The normalized spacial score (nSPS) is 18.6. The van der Waals surface area contributed by atoms with Gasteiger partial charge in [-0.25, -0.2) is 0 Å². The van der Waals surface area contributed by atoms with Gasteiger partial charge in [0.15, 0.2) is 0 Å². The van der Waals surface area contributed by atoms with Crippen LogP contribution in [0, 0.1) is 5.92 Å². The van der Waals surface area contributed by atoms with E-state index in [2.05, 4.69) is 10.6 Å². The van der Waals surface area contributed by atoms with E-state index >= 15 is 0 Å². The number of ether oxygens (including phenoxy) is 1. The number of hydrogen-bond acceptors (Lipinski definition) is 3. The molecule has 1 saturated heterocycles. The summed E-state index contributed by atoms with van der Waals surface area (Å²) in [6.07, 6.45) is 2.76. The highest BCUT2D eigenvalue weighted by atomic mass is 35.5. The highest BCUT2D eigenvalue weighted by Crippen LogP contribution is 2.26. The van der Waals surface area contributed by atoms with Gasteiger partial charge in [0.25, 0.3) is 0 Å². The van der Waals surface area contributed by atoms with Crippen LogP contribution in [0.25, 0.3) is 0 Å². The van der Waals surface area contributed by atoms with Crippen LogP contribution in [0.4, 0.5) is 11.4 Å². The zero-order chi connectivity index (χ0) is 14.4. The van der Waals surface area contributed by atoms with Crippen molar-refractivity contribution in [2.45, 2.75) is 26.2 Å². The molecule has 1 aliphatic heterocycles. The first-order chi connectivity index (χ1) is 9.69. The van der Waals surface area contributed by atoms with Gasteiger partial charge in [-0.1, -0.05) is 18.5 Å². The van der Waals surface area contributed by atoms with Gasteiger partial charge >= 0.3 is 0 Å². The maximum atomic E-state index is 11.4. The minimum absolute atomic E-state index is 0.000969. The molecular weight excluding hydrogens is 276 g/mol. The first-order valence-corrected chi connectivity index (χ1v) is 7.48. The number of benzene rings is 1. The standard InChI is InChI=1S/C15H21ClN2O2/c1-2-15(19)18-12-5-6-13(16)14(8-12)17-9-11-4-3-7-20-10-11/h5-6,8,11,17H,2-4,7,9-10H2,1H3,(H,18,19). The van der Waals surface area contributed by atoms with Gasteiger partial charge in [-0.3, -0.25) is 4.79 Å². The van der Waals surface area contributed by atoms with Crippen LogP contribution in [0.5, 0.6) is 0 Å². The molecule has 1 heterocycles. The number of amides is 1. The Morgan fingerprint density at radius 1 is 1.50 bits per heavy atom. The summed E-state index contributed by atoms with van der Waals surface area (Å²) in [5.74, 6) is 0.521.